The third-order valence-electron chi connectivity index (χ3n) is 4.41. The second-order valence-corrected chi connectivity index (χ2v) is 6.03. The van der Waals surface area contributed by atoms with Crippen molar-refractivity contribution in [1.29, 1.82) is 0 Å². The number of aromatic nitrogens is 1. The van der Waals surface area contributed by atoms with Crippen LogP contribution in [0.1, 0.15) is 33.1 Å². The van der Waals surface area contributed by atoms with E-state index in [1.165, 1.54) is 30.3 Å². The monoisotopic (exact) mass is 254 g/mol. The summed E-state index contributed by atoms with van der Waals surface area (Å²) in [4.78, 5) is 4.52. The summed E-state index contributed by atoms with van der Waals surface area (Å²) in [6.45, 7) is 4.73. The average molecular weight is 254 g/mol. The van der Waals surface area contributed by atoms with Gasteiger partial charge < -0.3 is 5.32 Å². The van der Waals surface area contributed by atoms with E-state index in [0.29, 0.717) is 6.04 Å². The normalized spacial score (nSPS) is 27.4. The van der Waals surface area contributed by atoms with Gasteiger partial charge in [0.1, 0.15) is 0 Å². The number of hydrogen-bond donors (Lipinski definition) is 1. The maximum atomic E-state index is 4.52. The van der Waals surface area contributed by atoms with Crippen LogP contribution < -0.4 is 5.32 Å². The molecule has 19 heavy (non-hydrogen) atoms. The van der Waals surface area contributed by atoms with E-state index in [-0.39, 0.29) is 0 Å². The number of para-hydroxylation sites is 1. The maximum absolute atomic E-state index is 4.52. The summed E-state index contributed by atoms with van der Waals surface area (Å²) in [6.07, 6.45) is 5.81. The van der Waals surface area contributed by atoms with Gasteiger partial charge in [0, 0.05) is 17.6 Å². The molecule has 0 aliphatic heterocycles. The third-order valence-corrected chi connectivity index (χ3v) is 4.41. The Kier molecular flexibility index (Phi) is 3.41. The molecule has 0 saturated heterocycles. The first kappa shape index (κ1) is 12.5. The Morgan fingerprint density at radius 1 is 1.11 bits per heavy atom. The van der Waals surface area contributed by atoms with Crippen molar-refractivity contribution in [2.45, 2.75) is 39.2 Å². The number of rotatable bonds is 2. The van der Waals surface area contributed by atoms with Crippen molar-refractivity contribution in [2.75, 3.05) is 5.32 Å². The van der Waals surface area contributed by atoms with E-state index in [0.717, 1.165) is 17.4 Å². The van der Waals surface area contributed by atoms with Crippen LogP contribution in [-0.4, -0.2) is 11.0 Å². The maximum Gasteiger partial charge on any atom is 0.0933 e. The molecule has 3 unspecified atom stereocenters. The van der Waals surface area contributed by atoms with Crippen LogP contribution in [0.4, 0.5) is 5.69 Å². The summed E-state index contributed by atoms with van der Waals surface area (Å²) in [5.74, 6) is 1.61. The Labute approximate surface area is 115 Å². The molecule has 0 radical (unpaired) electrons. The van der Waals surface area contributed by atoms with Gasteiger partial charge in [-0.25, -0.2) is 0 Å². The topological polar surface area (TPSA) is 24.9 Å². The highest BCUT2D eigenvalue weighted by atomic mass is 14.9. The van der Waals surface area contributed by atoms with Gasteiger partial charge in [0.15, 0.2) is 0 Å². The first-order chi connectivity index (χ1) is 9.24. The highest BCUT2D eigenvalue weighted by molar-refractivity contribution is 5.90. The molecule has 1 aromatic heterocycles. The summed E-state index contributed by atoms with van der Waals surface area (Å²) < 4.78 is 0. The summed E-state index contributed by atoms with van der Waals surface area (Å²) in [6, 6.07) is 11.1. The molecule has 1 aromatic carbocycles. The highest BCUT2D eigenvalue weighted by Gasteiger charge is 2.25. The predicted molar refractivity (Wildman–Crippen MR) is 81.3 cm³/mol. The number of anilines is 1. The summed E-state index contributed by atoms with van der Waals surface area (Å²) >= 11 is 0. The van der Waals surface area contributed by atoms with Gasteiger partial charge in [-0.05, 0) is 43.2 Å². The molecular weight excluding hydrogens is 232 g/mol. The van der Waals surface area contributed by atoms with Crippen molar-refractivity contribution in [3.8, 4) is 0 Å². The predicted octanol–water partition coefficient (Wildman–Crippen LogP) is 4.47. The van der Waals surface area contributed by atoms with E-state index in [1.807, 2.05) is 12.3 Å². The molecule has 1 aliphatic rings. The fraction of sp³-hybridized carbons (Fsp3) is 0.471. The van der Waals surface area contributed by atoms with Gasteiger partial charge >= 0.3 is 0 Å². The van der Waals surface area contributed by atoms with E-state index in [2.05, 4.69) is 48.4 Å². The van der Waals surface area contributed by atoms with Crippen molar-refractivity contribution in [2.24, 2.45) is 11.8 Å². The number of fused-ring (bicyclic) bond motifs is 1. The number of nitrogens with zero attached hydrogens (tertiary/aromatic N) is 1. The summed E-state index contributed by atoms with van der Waals surface area (Å²) in [5.41, 5.74) is 2.28. The van der Waals surface area contributed by atoms with Gasteiger partial charge in [-0.2, -0.15) is 0 Å². The van der Waals surface area contributed by atoms with Crippen molar-refractivity contribution in [3.63, 3.8) is 0 Å². The van der Waals surface area contributed by atoms with Crippen molar-refractivity contribution in [3.05, 3.63) is 36.5 Å². The second kappa shape index (κ2) is 5.20. The Morgan fingerprint density at radius 3 is 2.79 bits per heavy atom. The first-order valence-electron chi connectivity index (χ1n) is 7.34. The fourth-order valence-corrected chi connectivity index (χ4v) is 3.30. The first-order valence-corrected chi connectivity index (χ1v) is 7.34. The Balaban J connectivity index is 1.85. The molecule has 3 atom stereocenters. The molecule has 1 aliphatic carbocycles. The number of pyridine rings is 1. The minimum atomic E-state index is 0.587. The smallest absolute Gasteiger partial charge is 0.0933 e. The van der Waals surface area contributed by atoms with E-state index in [4.69, 9.17) is 0 Å². The van der Waals surface area contributed by atoms with Crippen LogP contribution in [0.3, 0.4) is 0 Å². The van der Waals surface area contributed by atoms with E-state index in [1.54, 1.807) is 0 Å². The molecule has 1 fully saturated rings. The molecule has 1 saturated carbocycles. The fourth-order valence-electron chi connectivity index (χ4n) is 3.30. The van der Waals surface area contributed by atoms with Gasteiger partial charge in [0.25, 0.3) is 0 Å². The second-order valence-electron chi connectivity index (χ2n) is 6.03. The summed E-state index contributed by atoms with van der Waals surface area (Å²) in [7, 11) is 0. The van der Waals surface area contributed by atoms with Gasteiger partial charge in [0.05, 0.1) is 11.2 Å². The molecule has 0 spiro atoms. The van der Waals surface area contributed by atoms with Crippen LogP contribution in [-0.2, 0) is 0 Å². The molecular formula is C17H22N2. The van der Waals surface area contributed by atoms with Crippen molar-refractivity contribution in [1.82, 2.24) is 4.98 Å². The number of nitrogens with one attached hydrogen (secondary N) is 1. The van der Waals surface area contributed by atoms with Crippen LogP contribution >= 0.6 is 0 Å². The standard InChI is InChI=1S/C17H22N2/c1-12-8-9-15(13(2)11-12)19-16-7-3-5-14-6-4-10-18-17(14)16/h3-7,10,12-13,15,19H,8-9,11H2,1-2H3. The molecule has 0 amide bonds. The lowest BCUT2D eigenvalue weighted by molar-refractivity contribution is 0.276. The molecule has 2 aromatic rings. The SMILES string of the molecule is CC1CCC(Nc2cccc3cccnc23)C(C)C1. The van der Waals surface area contributed by atoms with E-state index < -0.39 is 0 Å². The molecule has 2 nitrogen and oxygen atoms in total. The van der Waals surface area contributed by atoms with Gasteiger partial charge in [-0.1, -0.05) is 32.0 Å². The molecule has 2 heteroatoms. The van der Waals surface area contributed by atoms with Crippen molar-refractivity contribution < 1.29 is 0 Å². The van der Waals surface area contributed by atoms with Gasteiger partial charge in [0.2, 0.25) is 0 Å². The lowest BCUT2D eigenvalue weighted by atomic mass is 9.80. The molecule has 1 heterocycles. The Morgan fingerprint density at radius 2 is 1.95 bits per heavy atom. The molecule has 1 N–H and O–H groups in total. The zero-order valence-electron chi connectivity index (χ0n) is 11.8. The number of benzene rings is 1. The molecule has 3 rings (SSSR count). The molecule has 0 bridgehead atoms. The minimum absolute atomic E-state index is 0.587. The Bertz CT molecular complexity index is 559. The zero-order valence-corrected chi connectivity index (χ0v) is 11.8. The lowest BCUT2D eigenvalue weighted by Gasteiger charge is -2.34. The third kappa shape index (κ3) is 2.58. The van der Waals surface area contributed by atoms with Crippen LogP contribution in [0, 0.1) is 11.8 Å². The van der Waals surface area contributed by atoms with Gasteiger partial charge in [-0.15, -0.1) is 0 Å². The van der Waals surface area contributed by atoms with Crippen LogP contribution in [0.5, 0.6) is 0 Å². The van der Waals surface area contributed by atoms with Crippen LogP contribution in [0.15, 0.2) is 36.5 Å². The summed E-state index contributed by atoms with van der Waals surface area (Å²) in [5, 5.41) is 4.94. The zero-order chi connectivity index (χ0) is 13.2. The molecule has 100 valence electrons. The van der Waals surface area contributed by atoms with E-state index in [9.17, 15) is 0 Å². The number of hydrogen-bond acceptors (Lipinski definition) is 2. The van der Waals surface area contributed by atoms with Crippen LogP contribution in [0.25, 0.3) is 10.9 Å². The lowest BCUT2D eigenvalue weighted by Crippen LogP contribution is -2.33. The highest BCUT2D eigenvalue weighted by Crippen LogP contribution is 2.32. The van der Waals surface area contributed by atoms with Crippen molar-refractivity contribution >= 4 is 16.6 Å². The van der Waals surface area contributed by atoms with E-state index >= 15 is 0 Å². The van der Waals surface area contributed by atoms with Gasteiger partial charge in [-0.3, -0.25) is 4.98 Å². The van der Waals surface area contributed by atoms with Crippen LogP contribution in [0.2, 0.25) is 0 Å². The minimum Gasteiger partial charge on any atom is -0.380 e. The quantitative estimate of drug-likeness (QED) is 0.855. The largest absolute Gasteiger partial charge is 0.380 e. The Hall–Kier alpha value is -1.57. The average Bonchev–Trinajstić information content (AvgIpc) is 2.42.